The van der Waals surface area contributed by atoms with Crippen LogP contribution in [0.25, 0.3) is 0 Å². The van der Waals surface area contributed by atoms with Gasteiger partial charge in [-0.1, -0.05) is 11.6 Å². The highest BCUT2D eigenvalue weighted by Crippen LogP contribution is 2.26. The van der Waals surface area contributed by atoms with Crippen LogP contribution in [0, 0.1) is 0 Å². The maximum atomic E-state index is 12.4. The van der Waals surface area contributed by atoms with Gasteiger partial charge in [-0.05, 0) is 30.3 Å². The number of hydrogen-bond donors (Lipinski definition) is 1. The molecule has 0 bridgehead atoms. The summed E-state index contributed by atoms with van der Waals surface area (Å²) in [5, 5.41) is 3.54. The minimum Gasteiger partial charge on any atom is -0.465 e. The highest BCUT2D eigenvalue weighted by molar-refractivity contribution is 6.33. The quantitative estimate of drug-likeness (QED) is 0.827. The van der Waals surface area contributed by atoms with Gasteiger partial charge in [0.15, 0.2) is 0 Å². The number of carbonyl (C=O) groups is 2. The number of hydrogen-bond acceptors (Lipinski definition) is 6. The first-order valence-electron chi connectivity index (χ1n) is 8.06. The van der Waals surface area contributed by atoms with Crippen molar-refractivity contribution in [1.29, 1.82) is 0 Å². The summed E-state index contributed by atoms with van der Waals surface area (Å²) in [5.41, 5.74) is 1.94. The smallest absolute Gasteiger partial charge is 0.337 e. The number of pyridine rings is 1. The average molecular weight is 376 g/mol. The van der Waals surface area contributed by atoms with Gasteiger partial charge in [0.2, 0.25) is 0 Å². The van der Waals surface area contributed by atoms with Gasteiger partial charge in [0.05, 0.1) is 48.5 Å². The van der Waals surface area contributed by atoms with Crippen LogP contribution in [0.1, 0.15) is 20.8 Å². The first-order valence-corrected chi connectivity index (χ1v) is 8.44. The molecule has 0 atom stereocenters. The molecule has 1 aliphatic rings. The van der Waals surface area contributed by atoms with E-state index >= 15 is 0 Å². The number of halogens is 1. The molecule has 3 rings (SSSR count). The molecule has 8 heteroatoms. The van der Waals surface area contributed by atoms with Crippen molar-refractivity contribution < 1.29 is 19.1 Å². The van der Waals surface area contributed by atoms with E-state index in [2.05, 4.69) is 10.3 Å². The third kappa shape index (κ3) is 4.12. The molecule has 0 aliphatic carbocycles. The van der Waals surface area contributed by atoms with Gasteiger partial charge in [-0.3, -0.25) is 4.79 Å². The predicted octanol–water partition coefficient (Wildman–Crippen LogP) is 2.74. The number of carbonyl (C=O) groups excluding carboxylic acids is 2. The second-order valence-corrected chi connectivity index (χ2v) is 6.06. The standard InChI is InChI=1S/C18H18ClN3O4/c1-25-18(24)12-2-4-14(19)16(10-12)21-13-3-5-15(20-11-13)17(23)22-6-8-26-9-7-22/h2-5,10-11,21H,6-9H2,1H3. The molecular weight excluding hydrogens is 358 g/mol. The van der Waals surface area contributed by atoms with Crippen molar-refractivity contribution in [2.45, 2.75) is 0 Å². The average Bonchev–Trinajstić information content (AvgIpc) is 2.69. The van der Waals surface area contributed by atoms with Gasteiger partial charge < -0.3 is 19.7 Å². The van der Waals surface area contributed by atoms with Crippen molar-refractivity contribution in [3.8, 4) is 0 Å². The van der Waals surface area contributed by atoms with Crippen LogP contribution >= 0.6 is 11.6 Å². The molecule has 2 heterocycles. The van der Waals surface area contributed by atoms with E-state index in [9.17, 15) is 9.59 Å². The molecule has 2 aromatic rings. The lowest BCUT2D eigenvalue weighted by atomic mass is 10.2. The van der Waals surface area contributed by atoms with Gasteiger partial charge >= 0.3 is 5.97 Å². The Kier molecular flexibility index (Phi) is 5.70. The summed E-state index contributed by atoms with van der Waals surface area (Å²) in [6, 6.07) is 8.18. The fourth-order valence-electron chi connectivity index (χ4n) is 2.54. The van der Waals surface area contributed by atoms with E-state index in [0.717, 1.165) is 0 Å². The fraction of sp³-hybridized carbons (Fsp3) is 0.278. The molecule has 0 unspecified atom stereocenters. The van der Waals surface area contributed by atoms with Crippen LogP contribution in [-0.4, -0.2) is 55.2 Å². The number of anilines is 2. The molecule has 7 nitrogen and oxygen atoms in total. The van der Waals surface area contributed by atoms with Gasteiger partial charge in [-0.25, -0.2) is 9.78 Å². The summed E-state index contributed by atoms with van der Waals surface area (Å²) in [6.07, 6.45) is 1.55. The van der Waals surface area contributed by atoms with Gasteiger partial charge in [0, 0.05) is 13.1 Å². The van der Waals surface area contributed by atoms with Crippen LogP contribution in [0.3, 0.4) is 0 Å². The summed E-state index contributed by atoms with van der Waals surface area (Å²) in [4.78, 5) is 30.0. The lowest BCUT2D eigenvalue weighted by Crippen LogP contribution is -2.41. The van der Waals surface area contributed by atoms with E-state index < -0.39 is 5.97 Å². The predicted molar refractivity (Wildman–Crippen MR) is 97.0 cm³/mol. The monoisotopic (exact) mass is 375 g/mol. The van der Waals surface area contributed by atoms with Crippen LogP contribution in [0.2, 0.25) is 5.02 Å². The van der Waals surface area contributed by atoms with E-state index in [1.165, 1.54) is 7.11 Å². The number of methoxy groups -OCH3 is 1. The van der Waals surface area contributed by atoms with Crippen molar-refractivity contribution in [3.05, 3.63) is 52.8 Å². The SMILES string of the molecule is COC(=O)c1ccc(Cl)c(Nc2ccc(C(=O)N3CCOCC3)nc2)c1. The molecule has 136 valence electrons. The highest BCUT2D eigenvalue weighted by Gasteiger charge is 2.19. The Bertz CT molecular complexity index is 805. The Morgan fingerprint density at radius 2 is 2.00 bits per heavy atom. The van der Waals surface area contributed by atoms with E-state index in [-0.39, 0.29) is 5.91 Å². The van der Waals surface area contributed by atoms with E-state index in [1.807, 2.05) is 0 Å². The van der Waals surface area contributed by atoms with Crippen molar-refractivity contribution in [2.24, 2.45) is 0 Å². The molecule has 1 aliphatic heterocycles. The van der Waals surface area contributed by atoms with Crippen molar-refractivity contribution in [1.82, 2.24) is 9.88 Å². The Labute approximate surface area is 155 Å². The number of aromatic nitrogens is 1. The van der Waals surface area contributed by atoms with Crippen LogP contribution in [0.4, 0.5) is 11.4 Å². The molecule has 1 aromatic carbocycles. The number of benzene rings is 1. The fourth-order valence-corrected chi connectivity index (χ4v) is 2.71. The van der Waals surface area contributed by atoms with Crippen LogP contribution in [0.15, 0.2) is 36.5 Å². The Hall–Kier alpha value is -2.64. The summed E-state index contributed by atoms with van der Waals surface area (Å²) < 4.78 is 9.96. The van der Waals surface area contributed by atoms with E-state index in [4.69, 9.17) is 21.1 Å². The van der Waals surface area contributed by atoms with Gasteiger partial charge in [0.1, 0.15) is 5.69 Å². The van der Waals surface area contributed by atoms with Gasteiger partial charge in [-0.2, -0.15) is 0 Å². The zero-order valence-electron chi connectivity index (χ0n) is 14.2. The third-order valence-corrected chi connectivity index (χ3v) is 4.28. The van der Waals surface area contributed by atoms with Crippen molar-refractivity contribution >= 4 is 34.9 Å². The molecule has 1 amide bonds. The number of morpholine rings is 1. The maximum absolute atomic E-state index is 12.4. The second-order valence-electron chi connectivity index (χ2n) is 5.65. The second kappa shape index (κ2) is 8.16. The number of esters is 1. The van der Waals surface area contributed by atoms with E-state index in [1.54, 1.807) is 41.4 Å². The Morgan fingerprint density at radius 1 is 1.23 bits per heavy atom. The Balaban J connectivity index is 1.73. The molecule has 0 spiro atoms. The number of nitrogens with zero attached hydrogens (tertiary/aromatic N) is 2. The largest absolute Gasteiger partial charge is 0.465 e. The minimum absolute atomic E-state index is 0.120. The molecule has 1 aromatic heterocycles. The van der Waals surface area contributed by atoms with Crippen molar-refractivity contribution in [2.75, 3.05) is 38.7 Å². The number of nitrogens with one attached hydrogen (secondary N) is 1. The minimum atomic E-state index is -0.450. The summed E-state index contributed by atoms with van der Waals surface area (Å²) in [6.45, 7) is 2.22. The third-order valence-electron chi connectivity index (χ3n) is 3.95. The lowest BCUT2D eigenvalue weighted by molar-refractivity contribution is 0.0299. The van der Waals surface area contributed by atoms with Crippen LogP contribution in [0.5, 0.6) is 0 Å². The van der Waals surface area contributed by atoms with Crippen LogP contribution < -0.4 is 5.32 Å². The normalized spacial score (nSPS) is 14.0. The summed E-state index contributed by atoms with van der Waals surface area (Å²) in [5.74, 6) is -0.570. The maximum Gasteiger partial charge on any atom is 0.337 e. The van der Waals surface area contributed by atoms with Crippen LogP contribution in [-0.2, 0) is 9.47 Å². The van der Waals surface area contributed by atoms with Crippen molar-refractivity contribution in [3.63, 3.8) is 0 Å². The molecule has 1 saturated heterocycles. The Morgan fingerprint density at radius 3 is 2.65 bits per heavy atom. The molecule has 0 saturated carbocycles. The molecule has 0 radical (unpaired) electrons. The molecule has 1 fully saturated rings. The highest BCUT2D eigenvalue weighted by atomic mass is 35.5. The number of ether oxygens (including phenoxy) is 2. The summed E-state index contributed by atoms with van der Waals surface area (Å²) in [7, 11) is 1.32. The zero-order valence-corrected chi connectivity index (χ0v) is 15.0. The molecule has 1 N–H and O–H groups in total. The first kappa shape index (κ1) is 18.2. The van der Waals surface area contributed by atoms with Gasteiger partial charge in [-0.15, -0.1) is 0 Å². The topological polar surface area (TPSA) is 80.8 Å². The number of rotatable bonds is 4. The summed E-state index contributed by atoms with van der Waals surface area (Å²) >= 11 is 6.17. The molecular formula is C18H18ClN3O4. The number of amides is 1. The first-order chi connectivity index (χ1) is 12.6. The lowest BCUT2D eigenvalue weighted by Gasteiger charge is -2.26. The zero-order chi connectivity index (χ0) is 18.5. The van der Waals surface area contributed by atoms with E-state index in [0.29, 0.717) is 54.0 Å². The molecule has 26 heavy (non-hydrogen) atoms. The van der Waals surface area contributed by atoms with Gasteiger partial charge in [0.25, 0.3) is 5.91 Å².